The fourth-order valence-electron chi connectivity index (χ4n) is 0. The van der Waals surface area contributed by atoms with Gasteiger partial charge in [0, 0.05) is 0 Å². The predicted octanol–water partition coefficient (Wildman–Crippen LogP) is -4.37. The van der Waals surface area contributed by atoms with Crippen LogP contribution in [0.15, 0.2) is 0 Å². The summed E-state index contributed by atoms with van der Waals surface area (Å²) < 4.78 is 0. The molecule has 7 heavy (non-hydrogen) atoms. The fourth-order valence-corrected chi connectivity index (χ4v) is 0. The predicted molar refractivity (Wildman–Crippen MR) is 20.3 cm³/mol. The Morgan fingerprint density at radius 1 is 0.857 bits per heavy atom. The molecule has 0 fully saturated rings. The molecule has 45 valence electrons. The maximum Gasteiger partial charge on any atom is 2.00 e. The summed E-state index contributed by atoms with van der Waals surface area (Å²) in [6.45, 7) is 6.25. The molecule has 0 aliphatic heterocycles. The maximum absolute atomic E-state index is 2.08. The van der Waals surface area contributed by atoms with Gasteiger partial charge in [0.15, 0.2) is 0 Å². The van der Waals surface area contributed by atoms with Crippen molar-refractivity contribution in [1.82, 2.24) is 0 Å². The molecule has 0 aromatic heterocycles. The second kappa shape index (κ2) is 15.7. The van der Waals surface area contributed by atoms with Gasteiger partial charge in [-0.1, -0.05) is 0 Å². The van der Waals surface area contributed by atoms with Gasteiger partial charge in [0.05, 0.1) is 0 Å². The summed E-state index contributed by atoms with van der Waals surface area (Å²) in [5.74, 6) is 1.42. The quantitative estimate of drug-likeness (QED) is 0.329. The van der Waals surface area contributed by atoms with Gasteiger partial charge in [-0.05, 0) is 0 Å². The molecule has 0 atom stereocenters. The molecule has 0 aromatic rings. The number of hydrogen-bond acceptors (Lipinski definition) is 0. The van der Waals surface area contributed by atoms with Gasteiger partial charge in [0.2, 0.25) is 0 Å². The Hall–Kier alpha value is 1.16. The van der Waals surface area contributed by atoms with E-state index in [0.717, 1.165) is 0 Å². The first-order valence-electron chi connectivity index (χ1n) is 1.50. The first-order valence-corrected chi connectivity index (χ1v) is 1.50. The van der Waals surface area contributed by atoms with Crippen LogP contribution >= 0.6 is 0 Å². The second-order valence-corrected chi connectivity index (χ2v) is 1.50. The van der Waals surface area contributed by atoms with Gasteiger partial charge in [-0.25, -0.2) is 0 Å². The summed E-state index contributed by atoms with van der Waals surface area (Å²) in [4.78, 5) is 0. The van der Waals surface area contributed by atoms with Crippen LogP contribution < -0.4 is 24.8 Å². The number of hydrogen-bond donors (Lipinski definition) is 0. The van der Waals surface area contributed by atoms with Crippen molar-refractivity contribution in [2.75, 3.05) is 0 Å². The molecule has 0 unspecified atom stereocenters. The van der Waals surface area contributed by atoms with Crippen molar-refractivity contribution >= 4 is 0 Å². The van der Waals surface area contributed by atoms with Crippen molar-refractivity contribution < 1.29 is 43.4 Å². The summed E-state index contributed by atoms with van der Waals surface area (Å²) in [6.07, 6.45) is 0. The zero-order valence-corrected chi connectivity index (χ0v) is 7.61. The van der Waals surface area contributed by atoms with Gasteiger partial charge in [0.25, 0.3) is 0 Å². The van der Waals surface area contributed by atoms with E-state index in [4.69, 9.17) is 0 Å². The standard InChI is InChI=1S/C4H9.2ClH.V/c1-4(2)3;;;/h1-3H3;2*1H;/q-1;;;+2/p-2. The van der Waals surface area contributed by atoms with Gasteiger partial charge >= 0.3 is 18.6 Å². The summed E-state index contributed by atoms with van der Waals surface area (Å²) in [5, 5.41) is 0. The van der Waals surface area contributed by atoms with Crippen LogP contribution in [-0.2, 0) is 18.6 Å². The maximum atomic E-state index is 2.08. The molecule has 0 aliphatic rings. The zero-order chi connectivity index (χ0) is 3.58. The third kappa shape index (κ3) is 141. The van der Waals surface area contributed by atoms with E-state index in [2.05, 4.69) is 20.8 Å². The van der Waals surface area contributed by atoms with Crippen LogP contribution in [0, 0.1) is 5.92 Å². The minimum Gasteiger partial charge on any atom is -1.00 e. The molecule has 0 nitrogen and oxygen atoms in total. The number of rotatable bonds is 0. The van der Waals surface area contributed by atoms with Gasteiger partial charge in [-0.15, -0.1) is 0 Å². The molecule has 1 radical (unpaired) electrons. The Morgan fingerprint density at radius 3 is 0.857 bits per heavy atom. The fraction of sp³-hybridized carbons (Fsp3) is 0.750. The van der Waals surface area contributed by atoms with Crippen molar-refractivity contribution in [3.63, 3.8) is 0 Å². The SMILES string of the molecule is C[C-](C)C.[Cl-].[Cl-].[V+2]. The molecule has 0 N–H and O–H groups in total. The van der Waals surface area contributed by atoms with Crippen LogP contribution in [0.2, 0.25) is 0 Å². The summed E-state index contributed by atoms with van der Waals surface area (Å²) in [7, 11) is 0. The summed E-state index contributed by atoms with van der Waals surface area (Å²) in [6, 6.07) is 0. The molecule has 0 aromatic carbocycles. The molecular formula is C4H9Cl2V-. The first kappa shape index (κ1) is 24.2. The van der Waals surface area contributed by atoms with Gasteiger partial charge < -0.3 is 30.7 Å². The Kier molecular flexibility index (Phi) is 54.2. The van der Waals surface area contributed by atoms with E-state index in [1.165, 1.54) is 5.92 Å². The Morgan fingerprint density at radius 2 is 0.857 bits per heavy atom. The molecule has 0 saturated heterocycles. The van der Waals surface area contributed by atoms with Crippen LogP contribution in [-0.4, -0.2) is 0 Å². The van der Waals surface area contributed by atoms with E-state index in [0.29, 0.717) is 0 Å². The monoisotopic (exact) mass is 178 g/mol. The summed E-state index contributed by atoms with van der Waals surface area (Å²) in [5.41, 5.74) is 0. The van der Waals surface area contributed by atoms with Crippen LogP contribution in [0.5, 0.6) is 0 Å². The van der Waals surface area contributed by atoms with Gasteiger partial charge in [-0.3, -0.25) is 0 Å². The van der Waals surface area contributed by atoms with Crippen molar-refractivity contribution in [1.29, 1.82) is 0 Å². The van der Waals surface area contributed by atoms with Crippen LogP contribution in [0.25, 0.3) is 0 Å². The smallest absolute Gasteiger partial charge is 1.00 e. The minimum absolute atomic E-state index is 0. The molecule has 0 saturated carbocycles. The minimum atomic E-state index is 0. The van der Waals surface area contributed by atoms with Crippen LogP contribution in [0.3, 0.4) is 0 Å². The molecule has 3 heteroatoms. The zero-order valence-electron chi connectivity index (χ0n) is 4.70. The van der Waals surface area contributed by atoms with E-state index in [1.54, 1.807) is 0 Å². The molecule has 0 spiro atoms. The largest absolute Gasteiger partial charge is 2.00 e. The van der Waals surface area contributed by atoms with E-state index < -0.39 is 0 Å². The van der Waals surface area contributed by atoms with Crippen LogP contribution in [0.4, 0.5) is 0 Å². The van der Waals surface area contributed by atoms with Crippen molar-refractivity contribution in [2.45, 2.75) is 20.8 Å². The molecule has 0 amide bonds. The Labute approximate surface area is 70.1 Å². The molecule has 0 bridgehead atoms. The normalized spacial score (nSPS) is 5.14. The Balaban J connectivity index is -0.0000000150. The van der Waals surface area contributed by atoms with Crippen molar-refractivity contribution in [3.05, 3.63) is 5.92 Å². The van der Waals surface area contributed by atoms with Gasteiger partial charge in [-0.2, -0.15) is 20.8 Å². The number of halogens is 2. The van der Waals surface area contributed by atoms with Crippen LogP contribution in [0.1, 0.15) is 20.8 Å². The molecule has 0 heterocycles. The molecule has 0 rings (SSSR count). The Bertz CT molecular complexity index is 14.4. The average Bonchev–Trinajstić information content (AvgIpc) is 0.811. The second-order valence-electron chi connectivity index (χ2n) is 1.50. The third-order valence-electron chi connectivity index (χ3n) is 0. The summed E-state index contributed by atoms with van der Waals surface area (Å²) >= 11 is 0. The van der Waals surface area contributed by atoms with E-state index in [1.807, 2.05) is 0 Å². The van der Waals surface area contributed by atoms with E-state index in [9.17, 15) is 0 Å². The van der Waals surface area contributed by atoms with Gasteiger partial charge in [0.1, 0.15) is 0 Å². The van der Waals surface area contributed by atoms with E-state index >= 15 is 0 Å². The van der Waals surface area contributed by atoms with Crippen molar-refractivity contribution in [3.8, 4) is 0 Å². The molecule has 0 aliphatic carbocycles. The topological polar surface area (TPSA) is 0 Å². The average molecular weight is 179 g/mol. The third-order valence-corrected chi connectivity index (χ3v) is 0. The first-order chi connectivity index (χ1) is 1.73. The van der Waals surface area contributed by atoms with E-state index in [-0.39, 0.29) is 43.4 Å². The molecular weight excluding hydrogens is 170 g/mol. The van der Waals surface area contributed by atoms with Crippen molar-refractivity contribution in [2.24, 2.45) is 0 Å².